The van der Waals surface area contributed by atoms with Crippen LogP contribution >= 0.6 is 0 Å². The van der Waals surface area contributed by atoms with Crippen molar-refractivity contribution in [2.75, 3.05) is 19.5 Å². The number of ether oxygens (including phenoxy) is 2. The predicted octanol–water partition coefficient (Wildman–Crippen LogP) is 7.26. The number of esters is 1. The van der Waals surface area contributed by atoms with E-state index in [1.807, 2.05) is 12.1 Å². The van der Waals surface area contributed by atoms with Crippen LogP contribution in [-0.2, 0) is 16.0 Å². The van der Waals surface area contributed by atoms with E-state index in [0.717, 1.165) is 34.7 Å². The van der Waals surface area contributed by atoms with Crippen LogP contribution in [-0.4, -0.2) is 29.7 Å². The molecule has 1 aromatic heterocycles. The zero-order valence-corrected chi connectivity index (χ0v) is 22.8. The minimum atomic E-state index is -0.295. The van der Waals surface area contributed by atoms with Crippen LogP contribution in [0.1, 0.15) is 77.0 Å². The third kappa shape index (κ3) is 5.37. The summed E-state index contributed by atoms with van der Waals surface area (Å²) in [5.41, 5.74) is 5.00. The molecule has 1 aliphatic rings. The Morgan fingerprint density at radius 2 is 1.83 bits per heavy atom. The third-order valence-corrected chi connectivity index (χ3v) is 7.81. The molecule has 4 rings (SSSR count). The molecule has 0 amide bonds. The van der Waals surface area contributed by atoms with Gasteiger partial charge in [0.2, 0.25) is 5.95 Å². The lowest BCUT2D eigenvalue weighted by Gasteiger charge is -2.39. The molecule has 6 nitrogen and oxygen atoms in total. The van der Waals surface area contributed by atoms with E-state index < -0.39 is 0 Å². The molecule has 0 aliphatic heterocycles. The fraction of sp³-hybridized carbons (Fsp3) is 0.533. The van der Waals surface area contributed by atoms with Crippen LogP contribution in [0.3, 0.4) is 0 Å². The number of anilines is 2. The van der Waals surface area contributed by atoms with Gasteiger partial charge in [0.05, 0.1) is 31.7 Å². The van der Waals surface area contributed by atoms with Crippen molar-refractivity contribution < 1.29 is 14.3 Å². The highest BCUT2D eigenvalue weighted by atomic mass is 16.5. The van der Waals surface area contributed by atoms with Crippen LogP contribution in [0.4, 0.5) is 11.6 Å². The van der Waals surface area contributed by atoms with E-state index in [1.54, 1.807) is 7.11 Å². The maximum Gasteiger partial charge on any atom is 0.310 e. The molecule has 1 fully saturated rings. The van der Waals surface area contributed by atoms with Crippen molar-refractivity contribution >= 4 is 28.6 Å². The summed E-state index contributed by atoms with van der Waals surface area (Å²) in [5, 5.41) is 3.63. The summed E-state index contributed by atoms with van der Waals surface area (Å²) in [7, 11) is 3.06. The summed E-state index contributed by atoms with van der Waals surface area (Å²) < 4.78 is 13.0. The van der Waals surface area contributed by atoms with Gasteiger partial charge >= 0.3 is 5.97 Å². The zero-order chi connectivity index (χ0) is 26.0. The molecule has 0 radical (unpaired) electrons. The van der Waals surface area contributed by atoms with Gasteiger partial charge in [-0.05, 0) is 60.3 Å². The normalized spacial score (nSPS) is 20.2. The summed E-state index contributed by atoms with van der Waals surface area (Å²) in [5.74, 6) is 3.50. The lowest BCUT2D eigenvalue weighted by molar-refractivity contribution is -0.139. The Bertz CT molecular complexity index is 1200. The number of nitrogens with zero attached hydrogens (tertiary/aromatic N) is 2. The second-order valence-electron chi connectivity index (χ2n) is 11.0. The molecule has 0 saturated heterocycles. The number of imidazole rings is 1. The monoisotopic (exact) mass is 491 g/mol. The second-order valence-corrected chi connectivity index (χ2v) is 11.0. The van der Waals surface area contributed by atoms with E-state index in [2.05, 4.69) is 68.8 Å². The Morgan fingerprint density at radius 1 is 1.11 bits per heavy atom. The topological polar surface area (TPSA) is 65.4 Å². The van der Waals surface area contributed by atoms with Crippen LogP contribution < -0.4 is 10.1 Å². The molecule has 36 heavy (non-hydrogen) atoms. The Hall–Kier alpha value is -3.02. The van der Waals surface area contributed by atoms with E-state index in [9.17, 15) is 4.79 Å². The molecule has 0 spiro atoms. The number of fused-ring (bicyclic) bond motifs is 1. The van der Waals surface area contributed by atoms with Gasteiger partial charge < -0.3 is 19.4 Å². The summed E-state index contributed by atoms with van der Waals surface area (Å²) in [6.45, 7) is 11.4. The lowest BCUT2D eigenvalue weighted by Crippen LogP contribution is -2.30. The standard InChI is InChI=1S/C30H41N3O3/c1-18(2)21-9-11-23(12-10-21)31-30-32-25-15-22(16-29(34)36-7)28(35-6)17-27(25)33(30)26-14-20(5)8-13-24(26)19(3)4/h9-12,15,17-20,24,26H,8,13-14,16H2,1-7H3,(H,31,32)/t20-,24+,26-/m1/s1. The maximum absolute atomic E-state index is 12.1. The molecule has 1 saturated carbocycles. The number of carbonyl (C=O) groups is 1. The molecular formula is C30H41N3O3. The third-order valence-electron chi connectivity index (χ3n) is 7.81. The van der Waals surface area contributed by atoms with Crippen molar-refractivity contribution in [2.45, 2.75) is 72.3 Å². The summed E-state index contributed by atoms with van der Waals surface area (Å²) in [4.78, 5) is 17.1. The first-order valence-corrected chi connectivity index (χ1v) is 13.2. The van der Waals surface area contributed by atoms with Gasteiger partial charge in [-0.3, -0.25) is 4.79 Å². The lowest BCUT2D eigenvalue weighted by atomic mass is 9.74. The van der Waals surface area contributed by atoms with Gasteiger partial charge in [0.25, 0.3) is 0 Å². The molecule has 1 heterocycles. The molecular weight excluding hydrogens is 450 g/mol. The second kappa shape index (κ2) is 10.9. The highest BCUT2D eigenvalue weighted by Gasteiger charge is 2.34. The number of benzene rings is 2. The molecule has 1 aliphatic carbocycles. The fourth-order valence-corrected chi connectivity index (χ4v) is 5.67. The van der Waals surface area contributed by atoms with Crippen LogP contribution in [0.5, 0.6) is 5.75 Å². The molecule has 3 aromatic rings. The molecule has 0 bridgehead atoms. The van der Waals surface area contributed by atoms with Crippen molar-refractivity contribution in [1.82, 2.24) is 9.55 Å². The molecule has 1 N–H and O–H groups in total. The average Bonchev–Trinajstić information content (AvgIpc) is 3.19. The summed E-state index contributed by atoms with van der Waals surface area (Å²) in [6.07, 6.45) is 3.74. The Morgan fingerprint density at radius 3 is 2.44 bits per heavy atom. The van der Waals surface area contributed by atoms with E-state index in [0.29, 0.717) is 35.5 Å². The van der Waals surface area contributed by atoms with Gasteiger partial charge in [-0.1, -0.05) is 53.2 Å². The number of methoxy groups -OCH3 is 2. The van der Waals surface area contributed by atoms with E-state index in [4.69, 9.17) is 14.5 Å². The minimum absolute atomic E-state index is 0.150. The molecule has 2 aromatic carbocycles. The van der Waals surface area contributed by atoms with Crippen molar-refractivity contribution in [1.29, 1.82) is 0 Å². The van der Waals surface area contributed by atoms with Crippen molar-refractivity contribution in [3.8, 4) is 5.75 Å². The Labute approximate surface area is 215 Å². The summed E-state index contributed by atoms with van der Waals surface area (Å²) in [6, 6.07) is 13.0. The number of hydrogen-bond acceptors (Lipinski definition) is 5. The Balaban J connectivity index is 1.86. The SMILES string of the molecule is COC(=O)Cc1cc2nc(Nc3ccc(C(C)C)cc3)n([C@@H]3C[C@H](C)CC[C@H]3C(C)C)c2cc1OC. The first-order valence-electron chi connectivity index (χ1n) is 13.2. The summed E-state index contributed by atoms with van der Waals surface area (Å²) >= 11 is 0. The van der Waals surface area contributed by atoms with E-state index in [1.165, 1.54) is 25.5 Å². The van der Waals surface area contributed by atoms with Gasteiger partial charge in [0.15, 0.2) is 0 Å². The first-order chi connectivity index (χ1) is 17.2. The average molecular weight is 492 g/mol. The van der Waals surface area contributed by atoms with Gasteiger partial charge in [0, 0.05) is 23.4 Å². The number of hydrogen-bond donors (Lipinski definition) is 1. The van der Waals surface area contributed by atoms with Gasteiger partial charge in [0.1, 0.15) is 5.75 Å². The Kier molecular flexibility index (Phi) is 7.91. The highest BCUT2D eigenvalue weighted by Crippen LogP contribution is 2.45. The van der Waals surface area contributed by atoms with Gasteiger partial charge in [-0.15, -0.1) is 0 Å². The highest BCUT2D eigenvalue weighted by molar-refractivity contribution is 5.85. The number of nitrogens with one attached hydrogen (secondary N) is 1. The zero-order valence-electron chi connectivity index (χ0n) is 22.8. The molecule has 6 heteroatoms. The van der Waals surface area contributed by atoms with E-state index in [-0.39, 0.29) is 12.4 Å². The van der Waals surface area contributed by atoms with Crippen LogP contribution in [0.25, 0.3) is 11.0 Å². The fourth-order valence-electron chi connectivity index (χ4n) is 5.67. The largest absolute Gasteiger partial charge is 0.496 e. The number of aromatic nitrogens is 2. The number of rotatable bonds is 8. The quantitative estimate of drug-likeness (QED) is 0.336. The molecule has 194 valence electrons. The van der Waals surface area contributed by atoms with E-state index >= 15 is 0 Å². The van der Waals surface area contributed by atoms with Crippen LogP contribution in [0.15, 0.2) is 36.4 Å². The van der Waals surface area contributed by atoms with Crippen molar-refractivity contribution in [2.24, 2.45) is 17.8 Å². The predicted molar refractivity (Wildman–Crippen MR) is 146 cm³/mol. The van der Waals surface area contributed by atoms with Crippen molar-refractivity contribution in [3.63, 3.8) is 0 Å². The van der Waals surface area contributed by atoms with Crippen LogP contribution in [0.2, 0.25) is 0 Å². The maximum atomic E-state index is 12.1. The smallest absolute Gasteiger partial charge is 0.310 e. The molecule has 0 unspecified atom stereocenters. The van der Waals surface area contributed by atoms with Gasteiger partial charge in [-0.2, -0.15) is 0 Å². The first kappa shape index (κ1) is 26.1. The van der Waals surface area contributed by atoms with Crippen molar-refractivity contribution in [3.05, 3.63) is 47.5 Å². The van der Waals surface area contributed by atoms with Crippen LogP contribution in [0, 0.1) is 17.8 Å². The molecule has 3 atom stereocenters. The minimum Gasteiger partial charge on any atom is -0.496 e. The number of carbonyl (C=O) groups excluding carboxylic acids is 1. The van der Waals surface area contributed by atoms with Gasteiger partial charge in [-0.25, -0.2) is 4.98 Å².